The molecule has 0 aromatic heterocycles. The van der Waals surface area contributed by atoms with Gasteiger partial charge in [0.25, 0.3) is 0 Å². The third kappa shape index (κ3) is 4.52. The average Bonchev–Trinajstić information content (AvgIpc) is 2.20. The molecule has 1 atom stereocenters. The molecule has 0 aliphatic carbocycles. The van der Waals surface area contributed by atoms with E-state index in [0.29, 0.717) is 15.6 Å². The number of aliphatic hydroxyl groups is 1. The molecule has 0 aliphatic rings. The van der Waals surface area contributed by atoms with Gasteiger partial charge in [0, 0.05) is 6.54 Å². The summed E-state index contributed by atoms with van der Waals surface area (Å²) in [7, 11) is 1.62. The molecule has 2 N–H and O–H groups in total. The van der Waals surface area contributed by atoms with Gasteiger partial charge in [-0.3, -0.25) is 9.69 Å². The molecule has 0 heterocycles. The summed E-state index contributed by atoms with van der Waals surface area (Å²) in [5.41, 5.74) is 0.608. The summed E-state index contributed by atoms with van der Waals surface area (Å²) in [4.78, 5) is 12.0. The number of benzene rings is 1. The maximum Gasteiger partial charge on any atom is 0.317 e. The molecular formula is C11H13Cl2NO3. The minimum Gasteiger partial charge on any atom is -0.480 e. The molecule has 0 bridgehead atoms. The van der Waals surface area contributed by atoms with Crippen LogP contribution in [0.5, 0.6) is 0 Å². The van der Waals surface area contributed by atoms with Gasteiger partial charge in [-0.15, -0.1) is 0 Å². The van der Waals surface area contributed by atoms with E-state index in [1.54, 1.807) is 25.2 Å². The maximum absolute atomic E-state index is 10.5. The first-order valence-corrected chi connectivity index (χ1v) is 5.69. The van der Waals surface area contributed by atoms with Crippen LogP contribution in [0.4, 0.5) is 0 Å². The lowest BCUT2D eigenvalue weighted by Crippen LogP contribution is -2.29. The van der Waals surface area contributed by atoms with Crippen molar-refractivity contribution in [3.05, 3.63) is 33.8 Å². The van der Waals surface area contributed by atoms with E-state index in [1.165, 1.54) is 4.90 Å². The van der Waals surface area contributed by atoms with Crippen LogP contribution in [0.2, 0.25) is 10.0 Å². The highest BCUT2D eigenvalue weighted by Gasteiger charge is 2.13. The predicted molar refractivity (Wildman–Crippen MR) is 66.6 cm³/mol. The summed E-state index contributed by atoms with van der Waals surface area (Å²) < 4.78 is 0. The first-order chi connectivity index (χ1) is 7.90. The molecule has 1 rings (SSSR count). The first kappa shape index (κ1) is 14.3. The fraction of sp³-hybridized carbons (Fsp3) is 0.364. The zero-order valence-corrected chi connectivity index (χ0v) is 10.7. The number of likely N-dealkylation sites (N-methyl/N-ethyl adjacent to an activating group) is 1. The van der Waals surface area contributed by atoms with Gasteiger partial charge in [0.05, 0.1) is 22.7 Å². The van der Waals surface area contributed by atoms with Crippen molar-refractivity contribution < 1.29 is 15.0 Å². The molecule has 0 saturated carbocycles. The van der Waals surface area contributed by atoms with Crippen molar-refractivity contribution in [3.63, 3.8) is 0 Å². The fourth-order valence-corrected chi connectivity index (χ4v) is 1.72. The fourth-order valence-electron chi connectivity index (χ4n) is 1.42. The Morgan fingerprint density at radius 1 is 1.41 bits per heavy atom. The predicted octanol–water partition coefficient (Wildman–Crippen LogP) is 2.04. The van der Waals surface area contributed by atoms with E-state index < -0.39 is 12.1 Å². The second-order valence-corrected chi connectivity index (χ2v) is 4.59. The monoisotopic (exact) mass is 277 g/mol. The van der Waals surface area contributed by atoms with E-state index in [-0.39, 0.29) is 13.1 Å². The Kier molecular flexibility index (Phi) is 5.21. The second-order valence-electron chi connectivity index (χ2n) is 3.78. The Labute approximate surface area is 109 Å². The van der Waals surface area contributed by atoms with Gasteiger partial charge in [-0.2, -0.15) is 0 Å². The Bertz CT molecular complexity index is 412. The molecule has 0 saturated heterocycles. The highest BCUT2D eigenvalue weighted by molar-refractivity contribution is 6.42. The van der Waals surface area contributed by atoms with Gasteiger partial charge in [0.15, 0.2) is 0 Å². The highest BCUT2D eigenvalue weighted by atomic mass is 35.5. The quantitative estimate of drug-likeness (QED) is 0.865. The van der Waals surface area contributed by atoms with E-state index in [9.17, 15) is 9.90 Å². The molecule has 0 aliphatic heterocycles. The summed E-state index contributed by atoms with van der Waals surface area (Å²) >= 11 is 11.6. The molecule has 0 amide bonds. The van der Waals surface area contributed by atoms with Gasteiger partial charge in [-0.25, -0.2) is 0 Å². The van der Waals surface area contributed by atoms with Gasteiger partial charge in [0.2, 0.25) is 0 Å². The SMILES string of the molecule is CN(CC(=O)O)CC(O)c1ccc(Cl)c(Cl)c1. The number of hydrogen-bond acceptors (Lipinski definition) is 3. The number of carboxylic acid groups (broad SMARTS) is 1. The second kappa shape index (κ2) is 6.21. The van der Waals surface area contributed by atoms with Crippen molar-refractivity contribution >= 4 is 29.2 Å². The van der Waals surface area contributed by atoms with Crippen molar-refractivity contribution in [2.24, 2.45) is 0 Å². The zero-order valence-electron chi connectivity index (χ0n) is 9.23. The largest absolute Gasteiger partial charge is 0.480 e. The standard InChI is InChI=1S/C11H13Cl2NO3/c1-14(6-11(16)17)5-10(15)7-2-3-8(12)9(13)4-7/h2-4,10,15H,5-6H2,1H3,(H,16,17). The van der Waals surface area contributed by atoms with Crippen LogP contribution in [0.25, 0.3) is 0 Å². The molecule has 6 heteroatoms. The Balaban J connectivity index is 2.66. The van der Waals surface area contributed by atoms with Crippen molar-refractivity contribution in [2.75, 3.05) is 20.1 Å². The number of hydrogen-bond donors (Lipinski definition) is 2. The third-order valence-electron chi connectivity index (χ3n) is 2.22. The summed E-state index contributed by atoms with van der Waals surface area (Å²) in [6.07, 6.45) is -0.797. The van der Waals surface area contributed by atoms with Crippen LogP contribution >= 0.6 is 23.2 Å². The van der Waals surface area contributed by atoms with Gasteiger partial charge < -0.3 is 10.2 Å². The molecule has 0 fully saturated rings. The van der Waals surface area contributed by atoms with Crippen molar-refractivity contribution in [2.45, 2.75) is 6.10 Å². The number of halogens is 2. The average molecular weight is 278 g/mol. The molecule has 1 unspecified atom stereocenters. The number of carbonyl (C=O) groups is 1. The van der Waals surface area contributed by atoms with Crippen LogP contribution in [0.3, 0.4) is 0 Å². The number of carboxylic acids is 1. The Morgan fingerprint density at radius 3 is 2.59 bits per heavy atom. The van der Waals surface area contributed by atoms with E-state index in [0.717, 1.165) is 0 Å². The molecule has 94 valence electrons. The van der Waals surface area contributed by atoms with Gasteiger partial charge >= 0.3 is 5.97 Å². The molecule has 1 aromatic carbocycles. The van der Waals surface area contributed by atoms with Gasteiger partial charge in [-0.1, -0.05) is 29.3 Å². The minimum atomic E-state index is -0.936. The number of aliphatic carboxylic acids is 1. The summed E-state index contributed by atoms with van der Waals surface area (Å²) in [5.74, 6) is -0.936. The minimum absolute atomic E-state index is 0.127. The van der Waals surface area contributed by atoms with Crippen LogP contribution in [0.1, 0.15) is 11.7 Å². The van der Waals surface area contributed by atoms with Crippen LogP contribution in [-0.4, -0.2) is 41.2 Å². The topological polar surface area (TPSA) is 60.8 Å². The molecule has 0 radical (unpaired) electrons. The summed E-state index contributed by atoms with van der Waals surface area (Å²) in [6.45, 7) is 0.0860. The van der Waals surface area contributed by atoms with E-state index >= 15 is 0 Å². The van der Waals surface area contributed by atoms with Crippen LogP contribution < -0.4 is 0 Å². The van der Waals surface area contributed by atoms with Crippen LogP contribution in [0, 0.1) is 0 Å². The summed E-state index contributed by atoms with van der Waals surface area (Å²) in [5, 5.41) is 19.3. The summed E-state index contributed by atoms with van der Waals surface area (Å²) in [6, 6.07) is 4.83. The number of rotatable bonds is 5. The molecule has 4 nitrogen and oxygen atoms in total. The lowest BCUT2D eigenvalue weighted by Gasteiger charge is -2.19. The lowest BCUT2D eigenvalue weighted by atomic mass is 10.1. The van der Waals surface area contributed by atoms with E-state index in [1.807, 2.05) is 0 Å². The van der Waals surface area contributed by atoms with E-state index in [2.05, 4.69) is 0 Å². The van der Waals surface area contributed by atoms with Crippen molar-refractivity contribution in [1.29, 1.82) is 0 Å². The van der Waals surface area contributed by atoms with Gasteiger partial charge in [0.1, 0.15) is 0 Å². The number of nitrogens with zero attached hydrogens (tertiary/aromatic N) is 1. The third-order valence-corrected chi connectivity index (χ3v) is 2.96. The normalized spacial score (nSPS) is 12.8. The van der Waals surface area contributed by atoms with Crippen molar-refractivity contribution in [3.8, 4) is 0 Å². The highest BCUT2D eigenvalue weighted by Crippen LogP contribution is 2.25. The molecular weight excluding hydrogens is 265 g/mol. The Hall–Kier alpha value is -0.810. The van der Waals surface area contributed by atoms with Crippen LogP contribution in [0.15, 0.2) is 18.2 Å². The maximum atomic E-state index is 10.5. The molecule has 0 spiro atoms. The van der Waals surface area contributed by atoms with Crippen molar-refractivity contribution in [1.82, 2.24) is 4.90 Å². The van der Waals surface area contributed by atoms with E-state index in [4.69, 9.17) is 28.3 Å². The smallest absolute Gasteiger partial charge is 0.317 e. The zero-order chi connectivity index (χ0) is 13.0. The number of aliphatic hydroxyl groups excluding tert-OH is 1. The first-order valence-electron chi connectivity index (χ1n) is 4.93. The van der Waals surface area contributed by atoms with Gasteiger partial charge in [-0.05, 0) is 24.7 Å². The lowest BCUT2D eigenvalue weighted by molar-refractivity contribution is -0.138. The molecule has 17 heavy (non-hydrogen) atoms. The Morgan fingerprint density at radius 2 is 2.06 bits per heavy atom. The van der Waals surface area contributed by atoms with Crippen LogP contribution in [-0.2, 0) is 4.79 Å². The molecule has 1 aromatic rings.